The molecule has 0 N–H and O–H groups in total. The molecule has 144 valence electrons. The fourth-order valence-corrected chi connectivity index (χ4v) is 2.52. The van der Waals surface area contributed by atoms with E-state index in [2.05, 4.69) is 49.2 Å². The molecule has 0 spiro atoms. The van der Waals surface area contributed by atoms with Crippen molar-refractivity contribution in [3.63, 3.8) is 0 Å². The van der Waals surface area contributed by atoms with Crippen LogP contribution in [0.2, 0.25) is 0 Å². The molecule has 3 aromatic rings. The summed E-state index contributed by atoms with van der Waals surface area (Å²) in [5.74, 6) is 1.32. The highest BCUT2D eigenvalue weighted by Crippen LogP contribution is 2.20. The highest BCUT2D eigenvalue weighted by Gasteiger charge is 2.11. The Balaban J connectivity index is 1.87. The molecule has 8 nitrogen and oxygen atoms in total. The number of pyridine rings is 1. The van der Waals surface area contributed by atoms with Gasteiger partial charge in [0.2, 0.25) is 5.95 Å². The highest BCUT2D eigenvalue weighted by atomic mass is 16.5. The standard InChI is InChI=1S/C20H23N7O/c1-15-5-4-6-16(13-15)14-22-26-19-23-18(17-7-9-21-10-8-17)24-20(25-19)27(2)11-12-28-3/h4-10,13H,11-12,14H2,1-3H3. The maximum atomic E-state index is 5.14. The van der Waals surface area contributed by atoms with Crippen LogP contribution in [-0.2, 0) is 11.3 Å². The van der Waals surface area contributed by atoms with E-state index in [9.17, 15) is 0 Å². The molecular weight excluding hydrogens is 354 g/mol. The Morgan fingerprint density at radius 2 is 1.89 bits per heavy atom. The van der Waals surface area contributed by atoms with Crippen molar-refractivity contribution in [2.24, 2.45) is 10.2 Å². The Labute approximate surface area is 164 Å². The van der Waals surface area contributed by atoms with E-state index in [4.69, 9.17) is 4.74 Å². The Kier molecular flexibility index (Phi) is 6.69. The number of nitrogens with zero attached hydrogens (tertiary/aromatic N) is 7. The zero-order chi connectivity index (χ0) is 19.8. The zero-order valence-electron chi connectivity index (χ0n) is 16.3. The van der Waals surface area contributed by atoms with Crippen molar-refractivity contribution in [3.8, 4) is 11.4 Å². The summed E-state index contributed by atoms with van der Waals surface area (Å²) >= 11 is 0. The summed E-state index contributed by atoms with van der Waals surface area (Å²) < 4.78 is 5.14. The van der Waals surface area contributed by atoms with E-state index in [0.29, 0.717) is 31.5 Å². The van der Waals surface area contributed by atoms with Crippen molar-refractivity contribution in [1.82, 2.24) is 19.9 Å². The molecule has 0 unspecified atom stereocenters. The predicted molar refractivity (Wildman–Crippen MR) is 108 cm³/mol. The molecule has 0 aliphatic heterocycles. The van der Waals surface area contributed by atoms with Crippen LogP contribution >= 0.6 is 0 Å². The van der Waals surface area contributed by atoms with Crippen LogP contribution in [0.4, 0.5) is 11.9 Å². The van der Waals surface area contributed by atoms with Gasteiger partial charge in [-0.3, -0.25) is 4.98 Å². The van der Waals surface area contributed by atoms with Gasteiger partial charge in [-0.1, -0.05) is 29.8 Å². The lowest BCUT2D eigenvalue weighted by molar-refractivity contribution is 0.206. The van der Waals surface area contributed by atoms with Gasteiger partial charge in [0.1, 0.15) is 0 Å². The maximum Gasteiger partial charge on any atom is 0.273 e. The third kappa shape index (κ3) is 5.37. The van der Waals surface area contributed by atoms with Gasteiger partial charge in [-0.15, -0.1) is 5.11 Å². The van der Waals surface area contributed by atoms with Crippen LogP contribution in [0, 0.1) is 6.92 Å². The Morgan fingerprint density at radius 1 is 1.07 bits per heavy atom. The minimum absolute atomic E-state index is 0.272. The van der Waals surface area contributed by atoms with Crippen molar-refractivity contribution in [1.29, 1.82) is 0 Å². The van der Waals surface area contributed by atoms with Gasteiger partial charge in [0.05, 0.1) is 13.2 Å². The molecule has 0 saturated heterocycles. The monoisotopic (exact) mass is 377 g/mol. The minimum Gasteiger partial charge on any atom is -0.383 e. The van der Waals surface area contributed by atoms with Crippen LogP contribution in [0.5, 0.6) is 0 Å². The number of azo groups is 1. The van der Waals surface area contributed by atoms with Gasteiger partial charge in [-0.05, 0) is 24.6 Å². The first-order chi connectivity index (χ1) is 13.7. The molecule has 0 atom stereocenters. The molecule has 2 heterocycles. The van der Waals surface area contributed by atoms with Crippen LogP contribution in [-0.4, -0.2) is 47.2 Å². The van der Waals surface area contributed by atoms with Crippen molar-refractivity contribution in [2.45, 2.75) is 13.5 Å². The molecule has 3 rings (SSSR count). The van der Waals surface area contributed by atoms with Gasteiger partial charge in [-0.25, -0.2) is 0 Å². The summed E-state index contributed by atoms with van der Waals surface area (Å²) in [6, 6.07) is 11.9. The molecule has 0 bridgehead atoms. The van der Waals surface area contributed by atoms with Crippen LogP contribution in [0.15, 0.2) is 59.0 Å². The summed E-state index contributed by atoms with van der Waals surface area (Å²) in [5.41, 5.74) is 3.12. The molecule has 28 heavy (non-hydrogen) atoms. The fraction of sp³-hybridized carbons (Fsp3) is 0.300. The number of rotatable bonds is 8. The van der Waals surface area contributed by atoms with Crippen LogP contribution in [0.25, 0.3) is 11.4 Å². The lowest BCUT2D eigenvalue weighted by Crippen LogP contribution is -2.24. The number of hydrogen-bond acceptors (Lipinski definition) is 8. The quantitative estimate of drug-likeness (QED) is 0.557. The Morgan fingerprint density at radius 3 is 2.64 bits per heavy atom. The smallest absolute Gasteiger partial charge is 0.273 e. The van der Waals surface area contributed by atoms with Gasteiger partial charge in [0, 0.05) is 38.7 Å². The fourth-order valence-electron chi connectivity index (χ4n) is 2.52. The van der Waals surface area contributed by atoms with Crippen LogP contribution < -0.4 is 4.90 Å². The topological polar surface area (TPSA) is 88.8 Å². The third-order valence-corrected chi connectivity index (χ3v) is 4.02. The molecule has 1 aromatic carbocycles. The minimum atomic E-state index is 0.272. The van der Waals surface area contributed by atoms with Crippen molar-refractivity contribution in [3.05, 3.63) is 59.9 Å². The van der Waals surface area contributed by atoms with Crippen LogP contribution in [0.3, 0.4) is 0 Å². The van der Waals surface area contributed by atoms with Gasteiger partial charge in [-0.2, -0.15) is 20.1 Å². The summed E-state index contributed by atoms with van der Waals surface area (Å²) in [6.07, 6.45) is 3.40. The number of anilines is 1. The molecule has 2 aromatic heterocycles. The van der Waals surface area contributed by atoms with Crippen molar-refractivity contribution in [2.75, 3.05) is 32.2 Å². The van der Waals surface area contributed by atoms with E-state index in [0.717, 1.165) is 11.1 Å². The average molecular weight is 377 g/mol. The second-order valence-corrected chi connectivity index (χ2v) is 6.30. The zero-order valence-corrected chi connectivity index (χ0v) is 16.3. The largest absolute Gasteiger partial charge is 0.383 e. The summed E-state index contributed by atoms with van der Waals surface area (Å²) in [7, 11) is 3.56. The summed E-state index contributed by atoms with van der Waals surface area (Å²) in [4.78, 5) is 19.4. The molecule has 0 amide bonds. The maximum absolute atomic E-state index is 5.14. The number of ether oxygens (including phenoxy) is 1. The SMILES string of the molecule is COCCN(C)c1nc(N=NCc2cccc(C)c2)nc(-c2ccncc2)n1. The molecule has 0 radical (unpaired) electrons. The Hall–Kier alpha value is -3.26. The number of methoxy groups -OCH3 is 1. The average Bonchev–Trinajstić information content (AvgIpc) is 2.72. The molecule has 0 saturated carbocycles. The number of likely N-dealkylation sites (N-methyl/N-ethyl adjacent to an activating group) is 1. The Bertz CT molecular complexity index is 931. The van der Waals surface area contributed by atoms with E-state index in [1.807, 2.05) is 36.2 Å². The number of aromatic nitrogens is 4. The molecule has 0 aliphatic rings. The van der Waals surface area contributed by atoms with Crippen molar-refractivity contribution < 1.29 is 4.74 Å². The lowest BCUT2D eigenvalue weighted by Gasteiger charge is -2.16. The predicted octanol–water partition coefficient (Wildman–Crippen LogP) is 3.61. The molecular formula is C20H23N7O. The first-order valence-corrected chi connectivity index (χ1v) is 8.95. The second-order valence-electron chi connectivity index (χ2n) is 6.30. The van der Waals surface area contributed by atoms with Crippen molar-refractivity contribution >= 4 is 11.9 Å². The van der Waals surface area contributed by atoms with Gasteiger partial charge in [0.25, 0.3) is 5.95 Å². The first kappa shape index (κ1) is 19.5. The molecule has 8 heteroatoms. The van der Waals surface area contributed by atoms with Gasteiger partial charge >= 0.3 is 0 Å². The third-order valence-electron chi connectivity index (χ3n) is 4.02. The van der Waals surface area contributed by atoms with E-state index < -0.39 is 0 Å². The number of aryl methyl sites for hydroxylation is 1. The summed E-state index contributed by atoms with van der Waals surface area (Å²) in [5, 5.41) is 8.50. The highest BCUT2D eigenvalue weighted by molar-refractivity contribution is 5.56. The van der Waals surface area contributed by atoms with Crippen LogP contribution in [0.1, 0.15) is 11.1 Å². The van der Waals surface area contributed by atoms with E-state index in [-0.39, 0.29) is 5.95 Å². The van der Waals surface area contributed by atoms with E-state index >= 15 is 0 Å². The summed E-state index contributed by atoms with van der Waals surface area (Å²) in [6.45, 7) is 3.73. The first-order valence-electron chi connectivity index (χ1n) is 8.95. The van der Waals surface area contributed by atoms with E-state index in [1.165, 1.54) is 5.56 Å². The molecule has 0 fully saturated rings. The number of hydrogen-bond donors (Lipinski definition) is 0. The number of benzene rings is 1. The normalized spacial score (nSPS) is 11.1. The lowest BCUT2D eigenvalue weighted by atomic mass is 10.1. The van der Waals surface area contributed by atoms with Gasteiger partial charge < -0.3 is 9.64 Å². The molecule has 0 aliphatic carbocycles. The second kappa shape index (κ2) is 9.61. The van der Waals surface area contributed by atoms with Gasteiger partial charge in [0.15, 0.2) is 5.82 Å². The van der Waals surface area contributed by atoms with E-state index in [1.54, 1.807) is 19.5 Å².